The number of ether oxygens (including phenoxy) is 3. The van der Waals surface area contributed by atoms with Crippen LogP contribution in [0.1, 0.15) is 48.5 Å². The predicted octanol–water partition coefficient (Wildman–Crippen LogP) is 3.48. The molecule has 0 bridgehead atoms. The Morgan fingerprint density at radius 2 is 1.67 bits per heavy atom. The normalized spacial score (nSPS) is 14.0. The van der Waals surface area contributed by atoms with E-state index in [1.54, 1.807) is 45.0 Å². The van der Waals surface area contributed by atoms with Crippen LogP contribution in [0.4, 0.5) is 13.2 Å². The first-order valence-corrected chi connectivity index (χ1v) is 13.3. The molecule has 0 radical (unpaired) electrons. The summed E-state index contributed by atoms with van der Waals surface area (Å²) in [6.45, 7) is 3.45. The zero-order chi connectivity index (χ0) is 32.0. The van der Waals surface area contributed by atoms with Crippen molar-refractivity contribution in [2.75, 3.05) is 33.5 Å². The SMILES string of the molecule is COc1cc(C(=O)NCC(O)(c2ccc(OCC(C)(C)N)c(-c3ccc(C(C)O)cc3)n2)C(F)(F)F)ccc1OCCO. The number of rotatable bonds is 13. The highest BCUT2D eigenvalue weighted by Crippen LogP contribution is 2.40. The molecule has 6 N–H and O–H groups in total. The number of aromatic nitrogens is 1. The van der Waals surface area contributed by atoms with Crippen molar-refractivity contribution in [2.24, 2.45) is 5.73 Å². The first-order chi connectivity index (χ1) is 20.1. The number of hydrogen-bond acceptors (Lipinski definition) is 9. The summed E-state index contributed by atoms with van der Waals surface area (Å²) in [6.07, 6.45) is -6.02. The molecule has 0 saturated carbocycles. The van der Waals surface area contributed by atoms with Crippen molar-refractivity contribution in [2.45, 2.75) is 44.2 Å². The molecule has 234 valence electrons. The van der Waals surface area contributed by atoms with Crippen LogP contribution >= 0.6 is 0 Å². The number of aliphatic hydroxyl groups excluding tert-OH is 2. The molecule has 10 nitrogen and oxygen atoms in total. The van der Waals surface area contributed by atoms with Crippen LogP contribution in [0, 0.1) is 0 Å². The van der Waals surface area contributed by atoms with E-state index < -0.39 is 41.6 Å². The van der Waals surface area contributed by atoms with E-state index in [-0.39, 0.29) is 48.3 Å². The van der Waals surface area contributed by atoms with Gasteiger partial charge in [0.15, 0.2) is 11.5 Å². The van der Waals surface area contributed by atoms with Crippen molar-refractivity contribution in [3.05, 3.63) is 71.4 Å². The maximum absolute atomic E-state index is 14.4. The smallest absolute Gasteiger partial charge is 0.424 e. The van der Waals surface area contributed by atoms with Gasteiger partial charge < -0.3 is 40.6 Å². The Hall–Kier alpha value is -3.91. The van der Waals surface area contributed by atoms with E-state index in [1.807, 2.05) is 0 Å². The lowest BCUT2D eigenvalue weighted by Gasteiger charge is -2.31. The monoisotopic (exact) mass is 607 g/mol. The third-order valence-electron chi connectivity index (χ3n) is 6.30. The summed E-state index contributed by atoms with van der Waals surface area (Å²) in [5, 5.41) is 32.0. The average Bonchev–Trinajstić information content (AvgIpc) is 2.96. The summed E-state index contributed by atoms with van der Waals surface area (Å²) in [5.41, 5.74) is 1.76. The fourth-order valence-corrected chi connectivity index (χ4v) is 3.91. The minimum Gasteiger partial charge on any atom is -0.493 e. The second-order valence-corrected chi connectivity index (χ2v) is 10.6. The number of hydrogen-bond donors (Lipinski definition) is 5. The van der Waals surface area contributed by atoms with Crippen LogP contribution in [0.3, 0.4) is 0 Å². The Kier molecular flexibility index (Phi) is 10.6. The summed E-state index contributed by atoms with van der Waals surface area (Å²) in [6, 6.07) is 12.5. The molecule has 1 heterocycles. The van der Waals surface area contributed by atoms with Gasteiger partial charge in [-0.05, 0) is 56.7 Å². The highest BCUT2D eigenvalue weighted by atomic mass is 19.4. The Labute approximate surface area is 247 Å². The van der Waals surface area contributed by atoms with Crippen LogP contribution in [0.2, 0.25) is 0 Å². The van der Waals surface area contributed by atoms with E-state index in [1.165, 1.54) is 31.4 Å². The molecule has 0 aliphatic rings. The number of amides is 1. The van der Waals surface area contributed by atoms with Gasteiger partial charge in [0.25, 0.3) is 5.91 Å². The average molecular weight is 608 g/mol. The first kappa shape index (κ1) is 33.6. The molecular formula is C30H36F3N3O7. The summed E-state index contributed by atoms with van der Waals surface area (Å²) in [7, 11) is 1.31. The first-order valence-electron chi connectivity index (χ1n) is 13.3. The second kappa shape index (κ2) is 13.6. The van der Waals surface area contributed by atoms with Crippen LogP contribution in [-0.4, -0.2) is 71.4 Å². The van der Waals surface area contributed by atoms with E-state index in [0.717, 1.165) is 6.07 Å². The van der Waals surface area contributed by atoms with E-state index in [9.17, 15) is 28.2 Å². The molecule has 2 aromatic carbocycles. The summed E-state index contributed by atoms with van der Waals surface area (Å²) >= 11 is 0. The third-order valence-corrected chi connectivity index (χ3v) is 6.30. The highest BCUT2D eigenvalue weighted by Gasteiger charge is 2.56. The largest absolute Gasteiger partial charge is 0.493 e. The molecule has 2 atom stereocenters. The molecule has 3 rings (SSSR count). The Bertz CT molecular complexity index is 1390. The number of alkyl halides is 3. The van der Waals surface area contributed by atoms with Crippen LogP contribution in [0.25, 0.3) is 11.3 Å². The molecule has 13 heteroatoms. The van der Waals surface area contributed by atoms with E-state index in [0.29, 0.717) is 11.1 Å². The lowest BCUT2D eigenvalue weighted by molar-refractivity contribution is -0.265. The molecule has 1 aromatic heterocycles. The fraction of sp³-hybridized carbons (Fsp3) is 0.400. The zero-order valence-corrected chi connectivity index (χ0v) is 24.2. The molecule has 0 fully saturated rings. The van der Waals surface area contributed by atoms with Gasteiger partial charge in [-0.1, -0.05) is 24.3 Å². The van der Waals surface area contributed by atoms with Gasteiger partial charge in [-0.25, -0.2) is 4.98 Å². The Balaban J connectivity index is 1.98. The lowest BCUT2D eigenvalue weighted by atomic mass is 9.96. The molecule has 0 saturated heterocycles. The predicted molar refractivity (Wildman–Crippen MR) is 152 cm³/mol. The molecule has 0 spiro atoms. The molecule has 2 unspecified atom stereocenters. The molecule has 3 aromatic rings. The number of aliphatic hydroxyl groups is 3. The minimum absolute atomic E-state index is 0.00361. The van der Waals surface area contributed by atoms with E-state index >= 15 is 0 Å². The number of nitrogens with two attached hydrogens (primary N) is 1. The number of methoxy groups -OCH3 is 1. The number of benzene rings is 2. The number of halogens is 3. The molecule has 43 heavy (non-hydrogen) atoms. The highest BCUT2D eigenvalue weighted by molar-refractivity contribution is 5.95. The van der Waals surface area contributed by atoms with Gasteiger partial charge in [-0.3, -0.25) is 4.79 Å². The number of nitrogens with zero attached hydrogens (tertiary/aromatic N) is 1. The van der Waals surface area contributed by atoms with Crippen LogP contribution in [0.5, 0.6) is 17.2 Å². The number of nitrogens with one attached hydrogen (secondary N) is 1. The van der Waals surface area contributed by atoms with E-state index in [2.05, 4.69) is 10.3 Å². The lowest BCUT2D eigenvalue weighted by Crippen LogP contribution is -2.51. The van der Waals surface area contributed by atoms with Crippen molar-refractivity contribution in [3.8, 4) is 28.5 Å². The minimum atomic E-state index is -5.25. The van der Waals surface area contributed by atoms with Gasteiger partial charge in [0.05, 0.1) is 32.1 Å². The summed E-state index contributed by atoms with van der Waals surface area (Å²) in [4.78, 5) is 17.0. The van der Waals surface area contributed by atoms with Crippen LogP contribution < -0.4 is 25.3 Å². The van der Waals surface area contributed by atoms with Gasteiger partial charge in [-0.2, -0.15) is 13.2 Å². The maximum Gasteiger partial charge on any atom is 0.424 e. The quantitative estimate of drug-likeness (QED) is 0.196. The van der Waals surface area contributed by atoms with Gasteiger partial charge in [0.1, 0.15) is 24.7 Å². The van der Waals surface area contributed by atoms with Gasteiger partial charge in [-0.15, -0.1) is 0 Å². The Morgan fingerprint density at radius 3 is 2.23 bits per heavy atom. The zero-order valence-electron chi connectivity index (χ0n) is 24.2. The number of carbonyl (C=O) groups is 1. The van der Waals surface area contributed by atoms with Gasteiger partial charge in [0, 0.05) is 16.7 Å². The van der Waals surface area contributed by atoms with Crippen molar-refractivity contribution in [1.82, 2.24) is 10.3 Å². The van der Waals surface area contributed by atoms with Gasteiger partial charge >= 0.3 is 6.18 Å². The Morgan fingerprint density at radius 1 is 1.02 bits per heavy atom. The fourth-order valence-electron chi connectivity index (χ4n) is 3.91. The van der Waals surface area contributed by atoms with Crippen LogP contribution in [-0.2, 0) is 5.60 Å². The maximum atomic E-state index is 14.4. The van der Waals surface area contributed by atoms with E-state index in [4.69, 9.17) is 25.1 Å². The van der Waals surface area contributed by atoms with Crippen LogP contribution in [0.15, 0.2) is 54.6 Å². The molecular weight excluding hydrogens is 571 g/mol. The van der Waals surface area contributed by atoms with Crippen molar-refractivity contribution in [3.63, 3.8) is 0 Å². The number of pyridine rings is 1. The summed E-state index contributed by atoms with van der Waals surface area (Å²) < 4.78 is 59.6. The van der Waals surface area contributed by atoms with Crippen molar-refractivity contribution >= 4 is 5.91 Å². The summed E-state index contributed by atoms with van der Waals surface area (Å²) in [5.74, 6) is -0.459. The number of carbonyl (C=O) groups excluding carboxylic acids is 1. The molecule has 0 aliphatic carbocycles. The second-order valence-electron chi connectivity index (χ2n) is 10.6. The standard InChI is InChI=1S/C30H36F3N3O7/c1-18(38)19-5-7-20(8-6-19)26-23(43-17-28(2,3)34)11-12-25(36-26)29(40,30(31,32)33)16-35-27(39)21-9-10-22(42-14-13-37)24(15-21)41-4/h5-12,15,18,37-38,40H,13-14,16-17,34H2,1-4H3,(H,35,39). The van der Waals surface area contributed by atoms with Crippen molar-refractivity contribution in [1.29, 1.82) is 0 Å². The van der Waals surface area contributed by atoms with Crippen molar-refractivity contribution < 1.29 is 47.5 Å². The topological polar surface area (TPSA) is 156 Å². The molecule has 0 aliphatic heterocycles. The molecule has 1 amide bonds. The third kappa shape index (κ3) is 8.35. The van der Waals surface area contributed by atoms with Gasteiger partial charge in [0.2, 0.25) is 5.60 Å².